The van der Waals surface area contributed by atoms with Crippen LogP contribution in [0.1, 0.15) is 12.8 Å². The van der Waals surface area contributed by atoms with Crippen molar-refractivity contribution >= 4 is 0 Å². The minimum atomic E-state index is 0. The Labute approximate surface area is 157 Å². The van der Waals surface area contributed by atoms with E-state index < -0.39 is 0 Å². The second-order valence-electron chi connectivity index (χ2n) is 4.42. The van der Waals surface area contributed by atoms with Gasteiger partial charge < -0.3 is 54.4 Å². The van der Waals surface area contributed by atoms with E-state index in [0.29, 0.717) is 5.92 Å². The fourth-order valence-electron chi connectivity index (χ4n) is 2.77. The predicted molar refractivity (Wildman–Crippen MR) is 59.5 cm³/mol. The number of hydrogen-bond acceptors (Lipinski definition) is 0. The third kappa shape index (κ3) is 4.14. The molecule has 0 N–H and O–H groups in total. The van der Waals surface area contributed by atoms with Crippen LogP contribution in [0.4, 0.5) is 0 Å². The van der Waals surface area contributed by atoms with Crippen LogP contribution < -0.4 is 48.0 Å². The Balaban J connectivity index is 0.000000853. The van der Waals surface area contributed by atoms with Gasteiger partial charge in [-0.1, -0.05) is 48.5 Å². The molecule has 17 heavy (non-hydrogen) atoms. The van der Waals surface area contributed by atoms with Crippen molar-refractivity contribution in [3.8, 4) is 0 Å². The Kier molecular flexibility index (Phi) is 9.12. The van der Waals surface area contributed by atoms with E-state index in [1.54, 1.807) is 5.57 Å². The minimum Gasteiger partial charge on any atom is -1.00 e. The van der Waals surface area contributed by atoms with Crippen LogP contribution >= 0.6 is 0 Å². The quantitative estimate of drug-likeness (QED) is 0.260. The first-order valence-corrected chi connectivity index (χ1v) is 5.49. The zero-order chi connectivity index (χ0) is 9.38. The van der Waals surface area contributed by atoms with Gasteiger partial charge in [0.05, 0.1) is 0 Å². The maximum atomic E-state index is 2.53. The molecule has 0 bridgehead atoms. The number of rotatable bonds is 1. The van der Waals surface area contributed by atoms with Crippen molar-refractivity contribution in [1.82, 2.24) is 0 Å². The Bertz CT molecular complexity index is 335. The average molecular weight is 528 g/mol. The number of fused-ring (bicyclic) bond motifs is 1. The summed E-state index contributed by atoms with van der Waals surface area (Å²) in [6, 6.07) is 0. The summed E-state index contributed by atoms with van der Waals surface area (Å²) in [4.78, 5) is 0. The molecule has 1 saturated carbocycles. The van der Waals surface area contributed by atoms with Crippen LogP contribution in [0, 0.1) is 24.2 Å². The van der Waals surface area contributed by atoms with E-state index >= 15 is 0 Å². The minimum absolute atomic E-state index is 0. The van der Waals surface area contributed by atoms with Gasteiger partial charge in [-0.15, -0.1) is 17.9 Å². The summed E-state index contributed by atoms with van der Waals surface area (Å²) in [7, 11) is 0. The number of hydrogen-bond donors (Lipinski definition) is 0. The Morgan fingerprint density at radius 3 is 2.47 bits per heavy atom. The summed E-state index contributed by atoms with van der Waals surface area (Å²) >= 11 is 0. The van der Waals surface area contributed by atoms with E-state index in [1.807, 2.05) is 0 Å². The molecule has 3 aliphatic carbocycles. The van der Waals surface area contributed by atoms with Crippen molar-refractivity contribution in [3.63, 3.8) is 0 Å². The molecule has 0 heterocycles. The van der Waals surface area contributed by atoms with E-state index in [-0.39, 0.29) is 74.2 Å². The first kappa shape index (κ1) is 18.3. The van der Waals surface area contributed by atoms with Gasteiger partial charge in [0.1, 0.15) is 0 Å². The third-order valence-electron chi connectivity index (χ3n) is 3.55. The van der Waals surface area contributed by atoms with Gasteiger partial charge in [-0.3, -0.25) is 0 Å². The van der Waals surface area contributed by atoms with Crippen LogP contribution in [-0.4, -0.2) is 0 Å². The summed E-state index contributed by atoms with van der Waals surface area (Å²) in [5.74, 6) is 2.20. The monoisotopic (exact) mass is 527 g/mol. The van der Waals surface area contributed by atoms with Crippen LogP contribution in [0.15, 0.2) is 48.1 Å². The van der Waals surface area contributed by atoms with Crippen LogP contribution in [-0.2, 0) is 26.2 Å². The predicted octanol–water partition coefficient (Wildman–Crippen LogP) is -2.54. The maximum Gasteiger partial charge on any atom is 3.00 e. The van der Waals surface area contributed by atoms with Crippen LogP contribution in [0.2, 0.25) is 0 Å². The van der Waals surface area contributed by atoms with Crippen molar-refractivity contribution in [2.45, 2.75) is 12.8 Å². The standard InChI is InChI=1S/C14H15.2HI.Zr/c1-2-6-11(5-1)14-9-12-7-3-4-8-13(12)10-14;;;/h1-5,7-9,12-14H,6,10H2;2*1H;/q-1;;;+3/p-2. The van der Waals surface area contributed by atoms with Gasteiger partial charge >= 0.3 is 26.2 Å². The summed E-state index contributed by atoms with van der Waals surface area (Å²) in [5, 5.41) is 0. The zero-order valence-electron chi connectivity index (χ0n) is 9.52. The second kappa shape index (κ2) is 8.47. The van der Waals surface area contributed by atoms with Crippen molar-refractivity contribution in [1.29, 1.82) is 0 Å². The van der Waals surface area contributed by atoms with Crippen molar-refractivity contribution in [2.24, 2.45) is 17.8 Å². The first-order valence-electron chi connectivity index (χ1n) is 5.49. The molecule has 0 saturated heterocycles. The molecule has 3 aliphatic rings. The summed E-state index contributed by atoms with van der Waals surface area (Å²) in [6.45, 7) is 0. The van der Waals surface area contributed by atoms with Crippen LogP contribution in [0.3, 0.4) is 0 Å². The van der Waals surface area contributed by atoms with Gasteiger partial charge in [0.15, 0.2) is 0 Å². The number of halogens is 2. The van der Waals surface area contributed by atoms with Crippen LogP contribution in [0.25, 0.3) is 0 Å². The molecule has 0 spiro atoms. The van der Waals surface area contributed by atoms with E-state index in [4.69, 9.17) is 0 Å². The Hall–Kier alpha value is 1.30. The molecule has 0 aromatic heterocycles. The van der Waals surface area contributed by atoms with Gasteiger partial charge in [0.2, 0.25) is 0 Å². The smallest absolute Gasteiger partial charge is 1.00 e. The molecule has 1 fully saturated rings. The molecule has 3 rings (SSSR count). The molecule has 0 aliphatic heterocycles. The van der Waals surface area contributed by atoms with Crippen molar-refractivity contribution in [3.05, 3.63) is 54.5 Å². The topological polar surface area (TPSA) is 0 Å². The second-order valence-corrected chi connectivity index (χ2v) is 4.42. The first-order chi connectivity index (χ1) is 6.93. The third-order valence-corrected chi connectivity index (χ3v) is 3.55. The van der Waals surface area contributed by atoms with Gasteiger partial charge in [-0.25, -0.2) is 0 Å². The zero-order valence-corrected chi connectivity index (χ0v) is 16.3. The van der Waals surface area contributed by atoms with E-state index in [1.165, 1.54) is 12.8 Å². The molecular formula is C14H15I2Zr. The largest absolute Gasteiger partial charge is 3.00 e. The van der Waals surface area contributed by atoms with Gasteiger partial charge in [0.25, 0.3) is 0 Å². The average Bonchev–Trinajstić information content (AvgIpc) is 2.86. The summed E-state index contributed by atoms with van der Waals surface area (Å²) < 4.78 is 0. The van der Waals surface area contributed by atoms with Crippen molar-refractivity contribution in [2.75, 3.05) is 0 Å². The Morgan fingerprint density at radius 1 is 1.06 bits per heavy atom. The molecule has 0 amide bonds. The molecule has 3 unspecified atom stereocenters. The molecule has 3 atom stereocenters. The fraction of sp³-hybridized carbons (Fsp3) is 0.357. The molecule has 0 nitrogen and oxygen atoms in total. The number of allylic oxidation sites excluding steroid dienone is 8. The van der Waals surface area contributed by atoms with Crippen LogP contribution in [0.5, 0.6) is 0 Å². The fourth-order valence-corrected chi connectivity index (χ4v) is 2.77. The Morgan fingerprint density at radius 2 is 1.82 bits per heavy atom. The normalized spacial score (nSPS) is 32.0. The SMILES string of the molecule is C1=CCC(C2[CH-]C3C=CC=CC3C2)=C1.[I-].[I-].[Zr+3]. The van der Waals surface area contributed by atoms with Gasteiger partial charge in [-0.2, -0.15) is 0 Å². The maximum absolute atomic E-state index is 2.53. The van der Waals surface area contributed by atoms with Gasteiger partial charge in [0, 0.05) is 0 Å². The van der Waals surface area contributed by atoms with Crippen molar-refractivity contribution < 1.29 is 74.2 Å². The molecule has 89 valence electrons. The molecular weight excluding hydrogens is 513 g/mol. The summed E-state index contributed by atoms with van der Waals surface area (Å²) in [6.07, 6.45) is 20.9. The van der Waals surface area contributed by atoms with E-state index in [9.17, 15) is 0 Å². The van der Waals surface area contributed by atoms with E-state index in [0.717, 1.165) is 11.8 Å². The molecule has 1 radical (unpaired) electrons. The van der Waals surface area contributed by atoms with Gasteiger partial charge in [-0.05, 0) is 12.3 Å². The molecule has 0 aromatic carbocycles. The molecule has 0 aromatic rings. The summed E-state index contributed by atoms with van der Waals surface area (Å²) in [5.41, 5.74) is 1.61. The van der Waals surface area contributed by atoms with E-state index in [2.05, 4.69) is 49.0 Å². The molecule has 3 heteroatoms.